The topological polar surface area (TPSA) is 68.2 Å². The summed E-state index contributed by atoms with van der Waals surface area (Å²) in [5.41, 5.74) is 1.53. The summed E-state index contributed by atoms with van der Waals surface area (Å²) in [5, 5.41) is 6.02. The van der Waals surface area contributed by atoms with Gasteiger partial charge in [0.1, 0.15) is 6.61 Å². The predicted molar refractivity (Wildman–Crippen MR) is 131 cm³/mol. The molecule has 6 atom stereocenters. The monoisotopic (exact) mass is 540 g/mol. The van der Waals surface area contributed by atoms with E-state index in [4.69, 9.17) is 21.1 Å². The minimum Gasteiger partial charge on any atom is -0.493 e. The Morgan fingerprint density at radius 1 is 1.12 bits per heavy atom. The second kappa shape index (κ2) is 8.24. The van der Waals surface area contributed by atoms with Crippen molar-refractivity contribution in [1.82, 2.24) is 5.01 Å². The molecule has 34 heavy (non-hydrogen) atoms. The van der Waals surface area contributed by atoms with Crippen LogP contribution in [0.4, 0.5) is 0 Å². The Hall–Kier alpha value is -2.64. The third kappa shape index (κ3) is 3.40. The van der Waals surface area contributed by atoms with E-state index in [-0.39, 0.29) is 42.1 Å². The minimum absolute atomic E-state index is 0.179. The molecular weight excluding hydrogens is 520 g/mol. The van der Waals surface area contributed by atoms with Crippen LogP contribution < -0.4 is 9.47 Å². The molecule has 2 bridgehead atoms. The number of amides is 2. The molecule has 2 saturated carbocycles. The van der Waals surface area contributed by atoms with E-state index in [1.807, 2.05) is 30.3 Å². The van der Waals surface area contributed by atoms with Gasteiger partial charge in [-0.15, -0.1) is 0 Å². The summed E-state index contributed by atoms with van der Waals surface area (Å²) in [5.74, 6) is 1.64. The van der Waals surface area contributed by atoms with Gasteiger partial charge in [-0.1, -0.05) is 42.0 Å². The van der Waals surface area contributed by atoms with Gasteiger partial charge in [-0.3, -0.25) is 9.59 Å². The Labute approximate surface area is 210 Å². The number of carbonyl (C=O) groups excluding carboxylic acids is 2. The summed E-state index contributed by atoms with van der Waals surface area (Å²) in [7, 11) is 1.55. The first-order valence-corrected chi connectivity index (χ1v) is 12.5. The van der Waals surface area contributed by atoms with Crippen LogP contribution in [0.5, 0.6) is 11.5 Å². The number of hydrogen-bond acceptors (Lipinski definition) is 5. The number of halogens is 2. The molecule has 0 spiro atoms. The predicted octanol–water partition coefficient (Wildman–Crippen LogP) is 5.08. The third-order valence-corrected chi connectivity index (χ3v) is 8.50. The maximum Gasteiger partial charge on any atom is 0.254 e. The van der Waals surface area contributed by atoms with Crippen molar-refractivity contribution in [2.45, 2.75) is 13.0 Å². The smallest absolute Gasteiger partial charge is 0.254 e. The molecule has 1 saturated heterocycles. The highest BCUT2D eigenvalue weighted by molar-refractivity contribution is 9.10. The van der Waals surface area contributed by atoms with Crippen LogP contribution in [-0.2, 0) is 16.2 Å². The fourth-order valence-corrected chi connectivity index (χ4v) is 6.66. The Kier molecular flexibility index (Phi) is 5.30. The lowest BCUT2D eigenvalue weighted by Gasteiger charge is -2.37. The van der Waals surface area contributed by atoms with Gasteiger partial charge in [-0.05, 0) is 69.8 Å². The first-order chi connectivity index (χ1) is 16.5. The zero-order valence-corrected chi connectivity index (χ0v) is 20.7. The molecule has 5 aliphatic rings. The number of imide groups is 1. The fourth-order valence-electron chi connectivity index (χ4n) is 5.90. The van der Waals surface area contributed by atoms with Crippen LogP contribution in [-0.4, -0.2) is 30.1 Å². The summed E-state index contributed by atoms with van der Waals surface area (Å²) in [6.07, 6.45) is 6.97. The first-order valence-electron chi connectivity index (χ1n) is 11.3. The van der Waals surface area contributed by atoms with Gasteiger partial charge in [0.05, 0.1) is 29.6 Å². The molecule has 1 heterocycles. The lowest BCUT2D eigenvalue weighted by atomic mass is 9.63. The number of allylic oxidation sites excluding steroid dienone is 2. The molecule has 4 aliphatic carbocycles. The van der Waals surface area contributed by atoms with E-state index in [0.717, 1.165) is 17.0 Å². The van der Waals surface area contributed by atoms with E-state index in [9.17, 15) is 9.59 Å². The summed E-state index contributed by atoms with van der Waals surface area (Å²) in [6.45, 7) is 0.278. The van der Waals surface area contributed by atoms with Crippen molar-refractivity contribution in [3.63, 3.8) is 0 Å². The molecular formula is C26H22BrClN2O4. The molecule has 174 valence electrons. The Morgan fingerprint density at radius 2 is 1.79 bits per heavy atom. The summed E-state index contributed by atoms with van der Waals surface area (Å²) in [4.78, 5) is 26.2. The lowest BCUT2D eigenvalue weighted by molar-refractivity contribution is -0.140. The molecule has 0 N–H and O–H groups in total. The van der Waals surface area contributed by atoms with Crippen molar-refractivity contribution in [2.24, 2.45) is 40.6 Å². The highest BCUT2D eigenvalue weighted by atomic mass is 79.9. The lowest BCUT2D eigenvalue weighted by Crippen LogP contribution is -2.40. The van der Waals surface area contributed by atoms with Crippen molar-refractivity contribution >= 4 is 45.6 Å². The second-order valence-electron chi connectivity index (χ2n) is 9.30. The fraction of sp³-hybridized carbons (Fsp3) is 0.346. The Bertz CT molecular complexity index is 1230. The number of hydrazone groups is 1. The maximum absolute atomic E-state index is 13.1. The highest BCUT2D eigenvalue weighted by Gasteiger charge is 2.67. The molecule has 8 heteroatoms. The van der Waals surface area contributed by atoms with Gasteiger partial charge in [0.2, 0.25) is 0 Å². The Morgan fingerprint density at radius 3 is 2.44 bits per heavy atom. The molecule has 6 nitrogen and oxygen atoms in total. The molecule has 2 aromatic carbocycles. The van der Waals surface area contributed by atoms with Gasteiger partial charge in [0.15, 0.2) is 11.5 Å². The van der Waals surface area contributed by atoms with E-state index in [1.165, 1.54) is 6.21 Å². The van der Waals surface area contributed by atoms with Crippen LogP contribution >= 0.6 is 27.5 Å². The quantitative estimate of drug-likeness (QED) is 0.291. The zero-order valence-electron chi connectivity index (χ0n) is 18.4. The molecule has 3 fully saturated rings. The van der Waals surface area contributed by atoms with E-state index >= 15 is 0 Å². The zero-order chi connectivity index (χ0) is 23.6. The van der Waals surface area contributed by atoms with Crippen molar-refractivity contribution < 1.29 is 19.1 Å². The molecule has 0 radical (unpaired) electrons. The van der Waals surface area contributed by atoms with Gasteiger partial charge in [-0.25, -0.2) is 0 Å². The number of carbonyl (C=O) groups is 2. The van der Waals surface area contributed by atoms with Crippen molar-refractivity contribution in [1.29, 1.82) is 0 Å². The molecule has 7 rings (SSSR count). The van der Waals surface area contributed by atoms with Gasteiger partial charge in [-0.2, -0.15) is 10.1 Å². The average molecular weight is 542 g/mol. The normalized spacial score (nSPS) is 30.6. The van der Waals surface area contributed by atoms with Crippen LogP contribution in [0.25, 0.3) is 0 Å². The number of benzene rings is 2. The summed E-state index contributed by atoms with van der Waals surface area (Å²) >= 11 is 9.77. The summed E-state index contributed by atoms with van der Waals surface area (Å²) < 4.78 is 12.2. The largest absolute Gasteiger partial charge is 0.493 e. The Balaban J connectivity index is 1.21. The number of hydrogen-bond donors (Lipinski definition) is 0. The van der Waals surface area contributed by atoms with Crippen LogP contribution in [0.15, 0.2) is 58.1 Å². The van der Waals surface area contributed by atoms with Crippen LogP contribution in [0, 0.1) is 35.5 Å². The van der Waals surface area contributed by atoms with E-state index < -0.39 is 0 Å². The third-order valence-electron chi connectivity index (χ3n) is 7.54. The molecule has 2 amide bonds. The first kappa shape index (κ1) is 21.9. The SMILES string of the molecule is COc1cc(C=NN2C(=O)[C@@H]3[C@H]4C=C[C@@H]([C@@H]5C[C@H]45)[C@@H]3C2=O)cc(Br)c1OCc1ccccc1Cl. The standard InChI is InChI=1S/C26H22BrClN2O4/c1-33-21-9-13(8-19(27)24(21)34-12-14-4-2-3-5-20(14)28)11-29-30-25(31)22-15-6-7-16(18-10-17(15)18)23(22)26(30)32/h2-9,11,15-18,22-23H,10,12H2,1H3/t15-,16-,17-,18+,22-,23+/m0/s1. The molecule has 2 aromatic rings. The van der Waals surface area contributed by atoms with E-state index in [1.54, 1.807) is 13.2 Å². The van der Waals surface area contributed by atoms with Gasteiger partial charge >= 0.3 is 0 Å². The molecule has 1 aliphatic heterocycles. The average Bonchev–Trinajstić information content (AvgIpc) is 3.62. The van der Waals surface area contributed by atoms with Gasteiger partial charge in [0.25, 0.3) is 11.8 Å². The highest BCUT2D eigenvalue weighted by Crippen LogP contribution is 2.65. The second-order valence-corrected chi connectivity index (χ2v) is 10.6. The van der Waals surface area contributed by atoms with Gasteiger partial charge in [0, 0.05) is 10.6 Å². The van der Waals surface area contributed by atoms with Crippen LogP contribution in [0.2, 0.25) is 5.02 Å². The molecule has 0 unspecified atom stereocenters. The molecule has 0 aromatic heterocycles. The summed E-state index contributed by atoms with van der Waals surface area (Å²) in [6, 6.07) is 11.1. The van der Waals surface area contributed by atoms with Crippen LogP contribution in [0.3, 0.4) is 0 Å². The van der Waals surface area contributed by atoms with Crippen molar-refractivity contribution in [3.05, 3.63) is 69.2 Å². The van der Waals surface area contributed by atoms with Crippen molar-refractivity contribution in [3.8, 4) is 11.5 Å². The number of rotatable bonds is 6. The van der Waals surface area contributed by atoms with Gasteiger partial charge < -0.3 is 9.47 Å². The maximum atomic E-state index is 13.1. The number of methoxy groups -OCH3 is 1. The van der Waals surface area contributed by atoms with E-state index in [2.05, 4.69) is 33.2 Å². The number of ether oxygens (including phenoxy) is 2. The number of nitrogens with zero attached hydrogens (tertiary/aromatic N) is 2. The van der Waals surface area contributed by atoms with Crippen molar-refractivity contribution in [2.75, 3.05) is 7.11 Å². The van der Waals surface area contributed by atoms with E-state index in [0.29, 0.717) is 38.4 Å². The minimum atomic E-state index is -0.259. The van der Waals surface area contributed by atoms with Crippen LogP contribution in [0.1, 0.15) is 17.5 Å².